The first-order chi connectivity index (χ1) is 11.4. The van der Waals surface area contributed by atoms with Crippen LogP contribution in [0, 0.1) is 5.82 Å². The van der Waals surface area contributed by atoms with Crippen molar-refractivity contribution in [3.63, 3.8) is 0 Å². The summed E-state index contributed by atoms with van der Waals surface area (Å²) in [5.74, 6) is 0.00899. The Morgan fingerprint density at radius 1 is 1.08 bits per heavy atom. The Hall–Kier alpha value is -2.89. The number of ketones is 1. The van der Waals surface area contributed by atoms with Gasteiger partial charge in [-0.1, -0.05) is 0 Å². The molecule has 0 aliphatic carbocycles. The second-order valence-electron chi connectivity index (χ2n) is 5.19. The van der Waals surface area contributed by atoms with Gasteiger partial charge >= 0.3 is 0 Å². The minimum absolute atomic E-state index is 0.0227. The molecule has 24 heavy (non-hydrogen) atoms. The van der Waals surface area contributed by atoms with Crippen LogP contribution in [0.15, 0.2) is 36.4 Å². The summed E-state index contributed by atoms with van der Waals surface area (Å²) < 4.78 is 24.3. The van der Waals surface area contributed by atoms with Gasteiger partial charge in [0.05, 0.1) is 12.8 Å². The molecule has 0 heterocycles. The van der Waals surface area contributed by atoms with Gasteiger partial charge in [-0.25, -0.2) is 4.39 Å². The number of ether oxygens (including phenoxy) is 2. The number of hydrogen-bond acceptors (Lipinski definition) is 4. The SMILES string of the molecule is COc1ccc(F)cc1COc1cc(C(C)=O)ccc1NC(C)=O. The van der Waals surface area contributed by atoms with Crippen molar-refractivity contribution in [2.45, 2.75) is 20.5 Å². The number of halogens is 1. The molecule has 2 aromatic carbocycles. The van der Waals surface area contributed by atoms with E-state index in [4.69, 9.17) is 9.47 Å². The Labute approximate surface area is 139 Å². The largest absolute Gasteiger partial charge is 0.496 e. The van der Waals surface area contributed by atoms with Crippen LogP contribution in [0.4, 0.5) is 10.1 Å². The highest BCUT2D eigenvalue weighted by atomic mass is 19.1. The summed E-state index contributed by atoms with van der Waals surface area (Å²) in [6, 6.07) is 8.85. The minimum atomic E-state index is -0.408. The molecule has 2 rings (SSSR count). The summed E-state index contributed by atoms with van der Waals surface area (Å²) in [5, 5.41) is 2.64. The van der Waals surface area contributed by atoms with Gasteiger partial charge in [-0.2, -0.15) is 0 Å². The van der Waals surface area contributed by atoms with E-state index in [1.54, 1.807) is 18.2 Å². The maximum absolute atomic E-state index is 13.4. The summed E-state index contributed by atoms with van der Waals surface area (Å²) in [4.78, 5) is 22.8. The molecule has 0 unspecified atom stereocenters. The van der Waals surface area contributed by atoms with E-state index in [0.29, 0.717) is 28.3 Å². The van der Waals surface area contributed by atoms with Crippen LogP contribution < -0.4 is 14.8 Å². The van der Waals surface area contributed by atoms with Gasteiger partial charge in [0.1, 0.15) is 23.9 Å². The zero-order valence-electron chi connectivity index (χ0n) is 13.7. The predicted octanol–water partition coefficient (Wildman–Crippen LogP) is 3.57. The lowest BCUT2D eigenvalue weighted by Gasteiger charge is -2.14. The van der Waals surface area contributed by atoms with Gasteiger partial charge in [-0.05, 0) is 43.3 Å². The first kappa shape index (κ1) is 17.5. The van der Waals surface area contributed by atoms with E-state index < -0.39 is 5.82 Å². The van der Waals surface area contributed by atoms with Crippen molar-refractivity contribution >= 4 is 17.4 Å². The molecule has 1 amide bonds. The highest BCUT2D eigenvalue weighted by Crippen LogP contribution is 2.29. The normalized spacial score (nSPS) is 10.2. The smallest absolute Gasteiger partial charge is 0.221 e. The lowest BCUT2D eigenvalue weighted by molar-refractivity contribution is -0.114. The van der Waals surface area contributed by atoms with Gasteiger partial charge in [-0.15, -0.1) is 0 Å². The van der Waals surface area contributed by atoms with E-state index >= 15 is 0 Å². The number of hydrogen-bond donors (Lipinski definition) is 1. The number of amides is 1. The van der Waals surface area contributed by atoms with E-state index in [-0.39, 0.29) is 18.3 Å². The van der Waals surface area contributed by atoms with Crippen molar-refractivity contribution < 1.29 is 23.5 Å². The Balaban J connectivity index is 2.30. The molecule has 6 heteroatoms. The lowest BCUT2D eigenvalue weighted by Crippen LogP contribution is -2.09. The summed E-state index contributed by atoms with van der Waals surface area (Å²) in [6.07, 6.45) is 0. The van der Waals surface area contributed by atoms with E-state index in [0.717, 1.165) is 0 Å². The third-order valence-corrected chi connectivity index (χ3v) is 3.32. The molecule has 2 aromatic rings. The molecule has 126 valence electrons. The number of Topliss-reactive ketones (excluding diaryl/α,β-unsaturated/α-hetero) is 1. The van der Waals surface area contributed by atoms with E-state index in [2.05, 4.69) is 5.32 Å². The Morgan fingerprint density at radius 3 is 2.46 bits per heavy atom. The molecule has 0 aliphatic heterocycles. The fourth-order valence-electron chi connectivity index (χ4n) is 2.17. The van der Waals surface area contributed by atoms with Gasteiger partial charge in [0.15, 0.2) is 5.78 Å². The Bertz CT molecular complexity index is 774. The number of benzene rings is 2. The van der Waals surface area contributed by atoms with Crippen LogP contribution in [0.2, 0.25) is 0 Å². The Kier molecular flexibility index (Phi) is 5.52. The van der Waals surface area contributed by atoms with Gasteiger partial charge < -0.3 is 14.8 Å². The maximum Gasteiger partial charge on any atom is 0.221 e. The average Bonchev–Trinajstić information content (AvgIpc) is 2.53. The molecule has 5 nitrogen and oxygen atoms in total. The van der Waals surface area contributed by atoms with Gasteiger partial charge in [0.2, 0.25) is 5.91 Å². The van der Waals surface area contributed by atoms with Gasteiger partial charge in [-0.3, -0.25) is 9.59 Å². The zero-order valence-corrected chi connectivity index (χ0v) is 13.7. The number of carbonyl (C=O) groups excluding carboxylic acids is 2. The summed E-state index contributed by atoms with van der Waals surface area (Å²) in [7, 11) is 1.48. The molecule has 0 aromatic heterocycles. The average molecular weight is 331 g/mol. The molecule has 0 saturated heterocycles. The van der Waals surface area contributed by atoms with Crippen LogP contribution in [0.3, 0.4) is 0 Å². The minimum Gasteiger partial charge on any atom is -0.496 e. The van der Waals surface area contributed by atoms with Crippen LogP contribution in [0.25, 0.3) is 0 Å². The third kappa shape index (κ3) is 4.32. The third-order valence-electron chi connectivity index (χ3n) is 3.32. The molecule has 0 bridgehead atoms. The van der Waals surface area contributed by atoms with Gasteiger partial charge in [0.25, 0.3) is 0 Å². The molecule has 1 N–H and O–H groups in total. The van der Waals surface area contributed by atoms with Crippen molar-refractivity contribution in [3.8, 4) is 11.5 Å². The van der Waals surface area contributed by atoms with Crippen LogP contribution in [-0.2, 0) is 11.4 Å². The first-order valence-electron chi connectivity index (χ1n) is 7.28. The lowest BCUT2D eigenvalue weighted by atomic mass is 10.1. The molecule has 0 atom stereocenters. The molecule has 0 aliphatic rings. The second-order valence-corrected chi connectivity index (χ2v) is 5.19. The monoisotopic (exact) mass is 331 g/mol. The zero-order chi connectivity index (χ0) is 17.7. The topological polar surface area (TPSA) is 64.6 Å². The summed E-state index contributed by atoms with van der Waals surface area (Å²) >= 11 is 0. The fraction of sp³-hybridized carbons (Fsp3) is 0.222. The number of nitrogens with one attached hydrogen (secondary N) is 1. The van der Waals surface area contributed by atoms with Crippen molar-refractivity contribution in [2.24, 2.45) is 0 Å². The Morgan fingerprint density at radius 2 is 1.83 bits per heavy atom. The van der Waals surface area contributed by atoms with Crippen LogP contribution in [0.1, 0.15) is 29.8 Å². The molecular formula is C18H18FNO4. The van der Waals surface area contributed by atoms with Crippen molar-refractivity contribution in [1.82, 2.24) is 0 Å². The number of carbonyl (C=O) groups is 2. The highest BCUT2D eigenvalue weighted by molar-refractivity contribution is 5.96. The molecule has 0 radical (unpaired) electrons. The maximum atomic E-state index is 13.4. The van der Waals surface area contributed by atoms with Gasteiger partial charge in [0, 0.05) is 18.1 Å². The molecule has 0 fully saturated rings. The van der Waals surface area contributed by atoms with Crippen LogP contribution in [0.5, 0.6) is 11.5 Å². The number of methoxy groups -OCH3 is 1. The van der Waals surface area contributed by atoms with E-state index in [1.807, 2.05) is 0 Å². The summed E-state index contributed by atoms with van der Waals surface area (Å²) in [5.41, 5.74) is 1.40. The fourth-order valence-corrected chi connectivity index (χ4v) is 2.17. The standard InChI is InChI=1S/C18H18FNO4/c1-11(21)13-4-6-16(20-12(2)22)18(9-13)24-10-14-8-15(19)5-7-17(14)23-3/h4-9H,10H2,1-3H3,(H,20,22). The quantitative estimate of drug-likeness (QED) is 0.822. The molecular weight excluding hydrogens is 313 g/mol. The number of anilines is 1. The van der Waals surface area contributed by atoms with Crippen molar-refractivity contribution in [1.29, 1.82) is 0 Å². The number of rotatable bonds is 6. The first-order valence-corrected chi connectivity index (χ1v) is 7.28. The predicted molar refractivity (Wildman–Crippen MR) is 88.0 cm³/mol. The van der Waals surface area contributed by atoms with E-state index in [1.165, 1.54) is 39.2 Å². The van der Waals surface area contributed by atoms with E-state index in [9.17, 15) is 14.0 Å². The van der Waals surface area contributed by atoms with Crippen molar-refractivity contribution in [3.05, 3.63) is 53.3 Å². The summed E-state index contributed by atoms with van der Waals surface area (Å²) in [6.45, 7) is 2.83. The second kappa shape index (κ2) is 7.59. The molecule has 0 spiro atoms. The highest BCUT2D eigenvalue weighted by Gasteiger charge is 2.11. The van der Waals surface area contributed by atoms with Crippen LogP contribution in [-0.4, -0.2) is 18.8 Å². The van der Waals surface area contributed by atoms with Crippen molar-refractivity contribution in [2.75, 3.05) is 12.4 Å². The van der Waals surface area contributed by atoms with Crippen LogP contribution >= 0.6 is 0 Å². The molecule has 0 saturated carbocycles.